The largest absolute Gasteiger partial charge is 0.481 e. The zero-order chi connectivity index (χ0) is 17.5. The van der Waals surface area contributed by atoms with Crippen LogP contribution in [0, 0.1) is 10.1 Å². The molecule has 0 heterocycles. The molecule has 2 aromatic carbocycles. The second-order valence-corrected chi connectivity index (χ2v) is 4.73. The highest BCUT2D eigenvalue weighted by atomic mass is 16.6. The Morgan fingerprint density at radius 2 is 1.88 bits per heavy atom. The van der Waals surface area contributed by atoms with E-state index in [-0.39, 0.29) is 17.2 Å². The van der Waals surface area contributed by atoms with Crippen molar-refractivity contribution in [2.75, 3.05) is 6.61 Å². The van der Waals surface area contributed by atoms with Crippen molar-refractivity contribution in [1.29, 1.82) is 0 Å². The summed E-state index contributed by atoms with van der Waals surface area (Å²) in [5, 5.41) is 19.5. The molecule has 0 unspecified atom stereocenters. The molecule has 0 aliphatic heterocycles. The molecule has 1 N–H and O–H groups in total. The average molecular weight is 327 g/mol. The van der Waals surface area contributed by atoms with Gasteiger partial charge in [-0.1, -0.05) is 30.3 Å². The molecule has 0 atom stereocenters. The number of carbonyl (C=O) groups is 2. The molecule has 0 aromatic heterocycles. The van der Waals surface area contributed by atoms with E-state index in [1.165, 1.54) is 24.3 Å². The lowest BCUT2D eigenvalue weighted by molar-refractivity contribution is -0.384. The number of benzene rings is 2. The first-order valence-electron chi connectivity index (χ1n) is 6.88. The number of nitrogens with zero attached hydrogens (tertiary/aromatic N) is 1. The van der Waals surface area contributed by atoms with Crippen LogP contribution in [0.15, 0.2) is 54.6 Å². The lowest BCUT2D eigenvalue weighted by Gasteiger charge is -2.07. The van der Waals surface area contributed by atoms with E-state index < -0.39 is 17.5 Å². The Labute approximate surface area is 137 Å². The van der Waals surface area contributed by atoms with Crippen LogP contribution in [0.4, 0.5) is 5.69 Å². The van der Waals surface area contributed by atoms with E-state index in [1.54, 1.807) is 30.3 Å². The predicted molar refractivity (Wildman–Crippen MR) is 86.0 cm³/mol. The predicted octanol–water partition coefficient (Wildman–Crippen LogP) is 2.95. The molecular weight excluding hydrogens is 314 g/mol. The molecule has 0 saturated heterocycles. The molecule has 24 heavy (non-hydrogen) atoms. The van der Waals surface area contributed by atoms with Crippen LogP contribution in [0.2, 0.25) is 0 Å². The molecule has 7 heteroatoms. The van der Waals surface area contributed by atoms with Crippen LogP contribution in [0.25, 0.3) is 6.08 Å². The molecule has 0 amide bonds. The molecule has 0 bridgehead atoms. The molecule has 122 valence electrons. The summed E-state index contributed by atoms with van der Waals surface area (Å²) < 4.78 is 5.06. The highest BCUT2D eigenvalue weighted by Crippen LogP contribution is 2.26. The van der Waals surface area contributed by atoms with E-state index >= 15 is 0 Å². The van der Waals surface area contributed by atoms with Gasteiger partial charge in [-0.3, -0.25) is 14.9 Å². The first-order valence-corrected chi connectivity index (χ1v) is 6.88. The Morgan fingerprint density at radius 3 is 2.50 bits per heavy atom. The monoisotopic (exact) mass is 327 g/mol. The fourth-order valence-electron chi connectivity index (χ4n) is 1.90. The van der Waals surface area contributed by atoms with Crippen molar-refractivity contribution in [1.82, 2.24) is 0 Å². The molecule has 2 aromatic rings. The maximum atomic E-state index is 12.0. The highest BCUT2D eigenvalue weighted by molar-refractivity contribution is 6.06. The summed E-state index contributed by atoms with van der Waals surface area (Å²) in [6.07, 6.45) is 2.72. The summed E-state index contributed by atoms with van der Waals surface area (Å²) in [5.74, 6) is -1.45. The maximum Gasteiger partial charge on any atom is 0.341 e. The average Bonchev–Trinajstić information content (AvgIpc) is 2.58. The van der Waals surface area contributed by atoms with Gasteiger partial charge in [0.1, 0.15) is 5.75 Å². The van der Waals surface area contributed by atoms with Crippen molar-refractivity contribution in [3.8, 4) is 5.75 Å². The number of nitro benzene ring substituents is 1. The van der Waals surface area contributed by atoms with E-state index in [0.29, 0.717) is 11.1 Å². The van der Waals surface area contributed by atoms with Gasteiger partial charge in [0.25, 0.3) is 5.69 Å². The van der Waals surface area contributed by atoms with Crippen LogP contribution in [-0.4, -0.2) is 28.4 Å². The third-order valence-corrected chi connectivity index (χ3v) is 3.03. The SMILES string of the molecule is O=C(O)COc1cc([N+](=O)[O-])ccc1/C=C/C(=O)c1ccccc1. The number of ether oxygens (including phenoxy) is 1. The number of carboxylic acids is 1. The van der Waals surface area contributed by atoms with Gasteiger partial charge in [0, 0.05) is 17.2 Å². The van der Waals surface area contributed by atoms with Crippen LogP contribution in [0.1, 0.15) is 15.9 Å². The van der Waals surface area contributed by atoms with Crippen molar-refractivity contribution < 1.29 is 24.4 Å². The van der Waals surface area contributed by atoms with Crippen molar-refractivity contribution in [3.63, 3.8) is 0 Å². The van der Waals surface area contributed by atoms with Crippen LogP contribution in [0.5, 0.6) is 5.75 Å². The molecule has 0 aliphatic rings. The van der Waals surface area contributed by atoms with E-state index in [9.17, 15) is 19.7 Å². The number of carboxylic acid groups (broad SMARTS) is 1. The summed E-state index contributed by atoms with van der Waals surface area (Å²) in [5.41, 5.74) is 0.622. The Hall–Kier alpha value is -3.48. The van der Waals surface area contributed by atoms with E-state index in [4.69, 9.17) is 9.84 Å². The fourth-order valence-corrected chi connectivity index (χ4v) is 1.90. The van der Waals surface area contributed by atoms with Gasteiger partial charge in [0.2, 0.25) is 0 Å². The highest BCUT2D eigenvalue weighted by Gasteiger charge is 2.12. The van der Waals surface area contributed by atoms with Crippen molar-refractivity contribution in [2.45, 2.75) is 0 Å². The maximum absolute atomic E-state index is 12.0. The first kappa shape index (κ1) is 16.9. The standard InChI is InChI=1S/C17H13NO6/c19-15(12-4-2-1-3-5-12)9-7-13-6-8-14(18(22)23)10-16(13)24-11-17(20)21/h1-10H,11H2,(H,20,21)/b9-7+. The summed E-state index contributed by atoms with van der Waals surface area (Å²) in [4.78, 5) is 32.9. The number of rotatable bonds is 7. The van der Waals surface area contributed by atoms with Crippen LogP contribution in [-0.2, 0) is 4.79 Å². The van der Waals surface area contributed by atoms with Gasteiger partial charge in [0.15, 0.2) is 12.4 Å². The van der Waals surface area contributed by atoms with Gasteiger partial charge in [-0.05, 0) is 18.2 Å². The number of hydrogen-bond acceptors (Lipinski definition) is 5. The third-order valence-electron chi connectivity index (χ3n) is 3.03. The van der Waals surface area contributed by atoms with Crippen molar-refractivity contribution >= 4 is 23.5 Å². The van der Waals surface area contributed by atoms with Gasteiger partial charge in [-0.25, -0.2) is 4.79 Å². The second-order valence-electron chi connectivity index (χ2n) is 4.73. The van der Waals surface area contributed by atoms with Crippen molar-refractivity contribution in [3.05, 3.63) is 75.8 Å². The zero-order valence-corrected chi connectivity index (χ0v) is 12.4. The third kappa shape index (κ3) is 4.51. The van der Waals surface area contributed by atoms with Gasteiger partial charge >= 0.3 is 5.97 Å². The summed E-state index contributed by atoms with van der Waals surface area (Å²) in [6, 6.07) is 12.3. The van der Waals surface area contributed by atoms with Gasteiger partial charge in [-0.2, -0.15) is 0 Å². The Kier molecular flexibility index (Phi) is 5.40. The zero-order valence-electron chi connectivity index (χ0n) is 12.4. The minimum atomic E-state index is -1.21. The number of hydrogen-bond donors (Lipinski definition) is 1. The van der Waals surface area contributed by atoms with Crippen LogP contribution >= 0.6 is 0 Å². The molecule has 0 fully saturated rings. The van der Waals surface area contributed by atoms with Gasteiger partial charge in [-0.15, -0.1) is 0 Å². The molecule has 7 nitrogen and oxygen atoms in total. The lowest BCUT2D eigenvalue weighted by Crippen LogP contribution is -2.10. The Bertz CT molecular complexity index is 798. The number of non-ortho nitro benzene ring substituents is 1. The summed E-state index contributed by atoms with van der Waals surface area (Å²) in [7, 11) is 0. The molecule has 0 aliphatic carbocycles. The lowest BCUT2D eigenvalue weighted by atomic mass is 10.1. The van der Waals surface area contributed by atoms with E-state index in [1.807, 2.05) is 0 Å². The minimum absolute atomic E-state index is 0.0173. The molecule has 0 spiro atoms. The number of nitro groups is 1. The normalized spacial score (nSPS) is 10.5. The second kappa shape index (κ2) is 7.68. The minimum Gasteiger partial charge on any atom is -0.481 e. The quantitative estimate of drug-likeness (QED) is 0.362. The number of aliphatic carboxylic acids is 1. The summed E-state index contributed by atoms with van der Waals surface area (Å²) in [6.45, 7) is -0.644. The molecule has 2 rings (SSSR count). The number of ketones is 1. The topological polar surface area (TPSA) is 107 Å². The fraction of sp³-hybridized carbons (Fsp3) is 0.0588. The van der Waals surface area contributed by atoms with Crippen LogP contribution < -0.4 is 4.74 Å². The Balaban J connectivity index is 2.27. The summed E-state index contributed by atoms with van der Waals surface area (Å²) >= 11 is 0. The van der Waals surface area contributed by atoms with Gasteiger partial charge < -0.3 is 9.84 Å². The molecule has 0 saturated carbocycles. The van der Waals surface area contributed by atoms with E-state index in [2.05, 4.69) is 0 Å². The molecule has 0 radical (unpaired) electrons. The smallest absolute Gasteiger partial charge is 0.341 e. The van der Waals surface area contributed by atoms with Gasteiger partial charge in [0.05, 0.1) is 11.0 Å². The van der Waals surface area contributed by atoms with E-state index in [0.717, 1.165) is 6.07 Å². The van der Waals surface area contributed by atoms with Crippen molar-refractivity contribution in [2.24, 2.45) is 0 Å². The van der Waals surface area contributed by atoms with Crippen LogP contribution in [0.3, 0.4) is 0 Å². The number of carbonyl (C=O) groups excluding carboxylic acids is 1. The first-order chi connectivity index (χ1) is 11.5. The Morgan fingerprint density at radius 1 is 1.17 bits per heavy atom. The molecular formula is C17H13NO6. The number of allylic oxidation sites excluding steroid dienone is 1.